The quantitative estimate of drug-likeness (QED) is 0.393. The Morgan fingerprint density at radius 1 is 1.07 bits per heavy atom. The van der Waals surface area contributed by atoms with Crippen molar-refractivity contribution in [1.82, 2.24) is 0 Å². The number of allylic oxidation sites excluding steroid dienone is 1. The van der Waals surface area contributed by atoms with Crippen LogP contribution in [0.25, 0.3) is 11.6 Å². The van der Waals surface area contributed by atoms with Gasteiger partial charge in [-0.25, -0.2) is 4.79 Å². The number of rotatable bonds is 7. The first-order valence-electron chi connectivity index (χ1n) is 9.01. The van der Waals surface area contributed by atoms with Gasteiger partial charge < -0.3 is 14.6 Å². The molecule has 150 valence electrons. The molecule has 0 amide bonds. The summed E-state index contributed by atoms with van der Waals surface area (Å²) >= 11 is 6.02. The van der Waals surface area contributed by atoms with Crippen LogP contribution < -0.4 is 9.47 Å². The number of carboxylic acids is 1. The van der Waals surface area contributed by atoms with E-state index in [1.165, 1.54) is 12.1 Å². The van der Waals surface area contributed by atoms with E-state index >= 15 is 0 Å². The molecule has 0 aliphatic rings. The van der Waals surface area contributed by atoms with Gasteiger partial charge in [0.2, 0.25) is 0 Å². The average molecular weight is 420 g/mol. The number of hydrogen-bond donors (Lipinski definition) is 1. The fourth-order valence-corrected chi connectivity index (χ4v) is 2.99. The van der Waals surface area contributed by atoms with Crippen molar-refractivity contribution < 1.29 is 19.4 Å². The summed E-state index contributed by atoms with van der Waals surface area (Å²) < 4.78 is 11.3. The number of hydrogen-bond acceptors (Lipinski definition) is 4. The molecule has 0 aromatic heterocycles. The van der Waals surface area contributed by atoms with E-state index in [0.29, 0.717) is 22.1 Å². The van der Waals surface area contributed by atoms with E-state index in [9.17, 15) is 10.1 Å². The summed E-state index contributed by atoms with van der Waals surface area (Å²) in [6.07, 6.45) is 1.75. The highest BCUT2D eigenvalue weighted by molar-refractivity contribution is 6.30. The van der Waals surface area contributed by atoms with Crippen LogP contribution in [0.4, 0.5) is 0 Å². The fourth-order valence-electron chi connectivity index (χ4n) is 2.80. The van der Waals surface area contributed by atoms with Crippen molar-refractivity contribution in [2.45, 2.75) is 6.61 Å². The largest absolute Gasteiger partial charge is 0.493 e. The van der Waals surface area contributed by atoms with E-state index in [4.69, 9.17) is 26.2 Å². The lowest BCUT2D eigenvalue weighted by Crippen LogP contribution is -2.00. The molecule has 0 saturated heterocycles. The number of benzene rings is 3. The van der Waals surface area contributed by atoms with Crippen LogP contribution in [0.1, 0.15) is 27.0 Å². The van der Waals surface area contributed by atoms with Crippen LogP contribution >= 0.6 is 11.6 Å². The standard InChI is InChI=1S/C24H18ClNO4/c1-29-23-12-17(11-20(14-26)19-3-2-4-21(25)13-19)7-10-22(23)30-15-16-5-8-18(9-6-16)24(27)28/h2-13H,15H2,1H3,(H,27,28). The Morgan fingerprint density at radius 2 is 1.83 bits per heavy atom. The second kappa shape index (κ2) is 9.64. The van der Waals surface area contributed by atoms with E-state index < -0.39 is 5.97 Å². The van der Waals surface area contributed by atoms with Gasteiger partial charge in [0.1, 0.15) is 6.61 Å². The molecule has 5 nitrogen and oxygen atoms in total. The van der Waals surface area contributed by atoms with Gasteiger partial charge in [0.05, 0.1) is 24.3 Å². The predicted molar refractivity (Wildman–Crippen MR) is 116 cm³/mol. The summed E-state index contributed by atoms with van der Waals surface area (Å²) in [4.78, 5) is 10.9. The van der Waals surface area contributed by atoms with Gasteiger partial charge in [0.25, 0.3) is 0 Å². The molecule has 3 aromatic carbocycles. The fraction of sp³-hybridized carbons (Fsp3) is 0.0833. The van der Waals surface area contributed by atoms with Crippen LogP contribution in [-0.4, -0.2) is 18.2 Å². The maximum atomic E-state index is 10.9. The van der Waals surface area contributed by atoms with E-state index in [1.54, 1.807) is 55.7 Å². The Labute approximate surface area is 179 Å². The summed E-state index contributed by atoms with van der Waals surface area (Å²) in [5, 5.41) is 19.0. The van der Waals surface area contributed by atoms with E-state index in [1.807, 2.05) is 12.1 Å². The van der Waals surface area contributed by atoms with E-state index in [2.05, 4.69) is 6.07 Å². The van der Waals surface area contributed by atoms with Crippen molar-refractivity contribution in [3.05, 3.63) is 94.0 Å². The van der Waals surface area contributed by atoms with Crippen LogP contribution in [0.5, 0.6) is 11.5 Å². The summed E-state index contributed by atoms with van der Waals surface area (Å²) in [5.74, 6) is 0.0924. The summed E-state index contributed by atoms with van der Waals surface area (Å²) in [6, 6.07) is 21.2. The highest BCUT2D eigenvalue weighted by atomic mass is 35.5. The molecule has 0 bridgehead atoms. The lowest BCUT2D eigenvalue weighted by atomic mass is 10.0. The van der Waals surface area contributed by atoms with Gasteiger partial charge in [0, 0.05) is 5.02 Å². The maximum Gasteiger partial charge on any atom is 0.335 e. The average Bonchev–Trinajstić information content (AvgIpc) is 2.76. The van der Waals surface area contributed by atoms with Gasteiger partial charge in [-0.3, -0.25) is 0 Å². The van der Waals surface area contributed by atoms with Crippen LogP contribution in [0.2, 0.25) is 5.02 Å². The van der Waals surface area contributed by atoms with Crippen LogP contribution in [0.15, 0.2) is 66.7 Å². The minimum atomic E-state index is -0.970. The molecule has 0 atom stereocenters. The van der Waals surface area contributed by atoms with E-state index in [0.717, 1.165) is 16.7 Å². The van der Waals surface area contributed by atoms with Crippen molar-refractivity contribution in [1.29, 1.82) is 5.26 Å². The van der Waals surface area contributed by atoms with Crippen molar-refractivity contribution in [2.75, 3.05) is 7.11 Å². The molecule has 3 rings (SSSR count). The van der Waals surface area contributed by atoms with Crippen molar-refractivity contribution in [2.24, 2.45) is 0 Å². The molecule has 3 aromatic rings. The Hall–Kier alpha value is -3.75. The number of nitrogens with zero attached hydrogens (tertiary/aromatic N) is 1. The van der Waals surface area contributed by atoms with Crippen LogP contribution in [0.3, 0.4) is 0 Å². The first kappa shape index (κ1) is 21.0. The van der Waals surface area contributed by atoms with Crippen molar-refractivity contribution in [3.8, 4) is 17.6 Å². The van der Waals surface area contributed by atoms with Crippen molar-refractivity contribution >= 4 is 29.2 Å². The smallest absolute Gasteiger partial charge is 0.335 e. The van der Waals surface area contributed by atoms with Crippen molar-refractivity contribution in [3.63, 3.8) is 0 Å². The van der Waals surface area contributed by atoms with Gasteiger partial charge >= 0.3 is 5.97 Å². The Kier molecular flexibility index (Phi) is 6.74. The molecule has 0 fully saturated rings. The van der Waals surface area contributed by atoms with Crippen LogP contribution in [0, 0.1) is 11.3 Å². The van der Waals surface area contributed by atoms with Gasteiger partial charge in [-0.15, -0.1) is 0 Å². The van der Waals surface area contributed by atoms with Gasteiger partial charge in [-0.05, 0) is 59.2 Å². The first-order chi connectivity index (χ1) is 14.5. The summed E-state index contributed by atoms with van der Waals surface area (Å²) in [7, 11) is 1.54. The molecular weight excluding hydrogens is 402 g/mol. The molecule has 6 heteroatoms. The number of aromatic carboxylic acids is 1. The monoisotopic (exact) mass is 419 g/mol. The molecule has 1 N–H and O–H groups in total. The zero-order chi connectivity index (χ0) is 21.5. The van der Waals surface area contributed by atoms with Crippen LogP contribution in [-0.2, 0) is 6.61 Å². The minimum Gasteiger partial charge on any atom is -0.493 e. The lowest BCUT2D eigenvalue weighted by molar-refractivity contribution is 0.0697. The Morgan fingerprint density at radius 3 is 2.47 bits per heavy atom. The number of nitriles is 1. The molecule has 0 aliphatic heterocycles. The molecule has 0 heterocycles. The molecule has 0 spiro atoms. The number of carbonyl (C=O) groups is 1. The SMILES string of the molecule is COc1cc(C=C(C#N)c2cccc(Cl)c2)ccc1OCc1ccc(C(=O)O)cc1. The third-order valence-corrected chi connectivity index (χ3v) is 4.59. The Balaban J connectivity index is 1.79. The predicted octanol–water partition coefficient (Wildman–Crippen LogP) is 5.69. The molecule has 0 aliphatic carbocycles. The third-order valence-electron chi connectivity index (χ3n) is 4.35. The topological polar surface area (TPSA) is 79.5 Å². The first-order valence-corrected chi connectivity index (χ1v) is 9.39. The Bertz CT molecular complexity index is 1130. The maximum absolute atomic E-state index is 10.9. The highest BCUT2D eigenvalue weighted by Gasteiger charge is 2.08. The molecule has 0 saturated carbocycles. The minimum absolute atomic E-state index is 0.223. The van der Waals surface area contributed by atoms with Gasteiger partial charge in [0.15, 0.2) is 11.5 Å². The second-order valence-corrected chi connectivity index (χ2v) is 6.82. The molecule has 30 heavy (non-hydrogen) atoms. The van der Waals surface area contributed by atoms with Gasteiger partial charge in [-0.2, -0.15) is 5.26 Å². The lowest BCUT2D eigenvalue weighted by Gasteiger charge is -2.12. The second-order valence-electron chi connectivity index (χ2n) is 6.38. The van der Waals surface area contributed by atoms with Gasteiger partial charge in [-0.1, -0.05) is 41.9 Å². The number of carboxylic acid groups (broad SMARTS) is 1. The molecule has 0 radical (unpaired) electrons. The molecular formula is C24H18ClNO4. The summed E-state index contributed by atoms with van der Waals surface area (Å²) in [6.45, 7) is 0.261. The number of methoxy groups -OCH3 is 1. The normalized spacial score (nSPS) is 10.9. The highest BCUT2D eigenvalue weighted by Crippen LogP contribution is 2.31. The zero-order valence-electron chi connectivity index (χ0n) is 16.1. The number of halogens is 1. The zero-order valence-corrected chi connectivity index (χ0v) is 16.9. The van der Waals surface area contributed by atoms with E-state index in [-0.39, 0.29) is 12.2 Å². The number of ether oxygens (including phenoxy) is 2. The molecule has 0 unspecified atom stereocenters. The summed E-state index contributed by atoms with van der Waals surface area (Å²) in [5.41, 5.74) is 3.04. The third kappa shape index (κ3) is 5.19.